The lowest BCUT2D eigenvalue weighted by molar-refractivity contribution is -0.113. The molecule has 2 N–H and O–H groups in total. The van der Waals surface area contributed by atoms with E-state index in [2.05, 4.69) is 23.6 Å². The highest BCUT2D eigenvalue weighted by Gasteiger charge is 2.35. The Bertz CT molecular complexity index is 956. The number of allylic oxidation sites excluding steroid dienone is 2. The zero-order valence-electron chi connectivity index (χ0n) is 17.4. The van der Waals surface area contributed by atoms with Crippen molar-refractivity contribution in [3.63, 3.8) is 0 Å². The maximum Gasteiger partial charge on any atom is 0.254 e. The first-order valence-corrected chi connectivity index (χ1v) is 11.3. The van der Waals surface area contributed by atoms with Gasteiger partial charge in [0.05, 0.1) is 35.1 Å². The Kier molecular flexibility index (Phi) is 7.81. The van der Waals surface area contributed by atoms with Crippen LogP contribution in [0.3, 0.4) is 0 Å². The summed E-state index contributed by atoms with van der Waals surface area (Å²) in [6.07, 6.45) is 7.88. The zero-order chi connectivity index (χ0) is 21.3. The molecular formula is C24H27N3O2S. The Morgan fingerprint density at radius 2 is 2.03 bits per heavy atom. The number of nitrogens with zero attached hydrogens (tertiary/aromatic N) is 1. The van der Waals surface area contributed by atoms with Crippen LogP contribution in [-0.2, 0) is 4.79 Å². The van der Waals surface area contributed by atoms with E-state index in [1.165, 1.54) is 19.3 Å². The third-order valence-corrected chi connectivity index (χ3v) is 6.15. The molecule has 2 aromatic rings. The molecule has 1 atom stereocenters. The summed E-state index contributed by atoms with van der Waals surface area (Å²) >= 11 is 1.65. The number of anilines is 1. The number of nitrogens with one attached hydrogen (secondary N) is 2. The Labute approximate surface area is 182 Å². The quantitative estimate of drug-likeness (QED) is 0.491. The van der Waals surface area contributed by atoms with Crippen molar-refractivity contribution in [3.8, 4) is 6.07 Å². The minimum Gasteiger partial charge on any atom is -0.472 e. The zero-order valence-corrected chi connectivity index (χ0v) is 18.2. The van der Waals surface area contributed by atoms with E-state index in [-0.39, 0.29) is 5.91 Å². The number of rotatable bonds is 9. The van der Waals surface area contributed by atoms with E-state index in [4.69, 9.17) is 4.42 Å². The van der Waals surface area contributed by atoms with Gasteiger partial charge in [-0.1, -0.05) is 44.4 Å². The number of unbranched alkanes of at least 4 members (excludes halogenated alkanes) is 3. The van der Waals surface area contributed by atoms with Crippen LogP contribution >= 0.6 is 11.8 Å². The molecule has 5 nitrogen and oxygen atoms in total. The normalized spacial score (nSPS) is 16.2. The molecule has 0 bridgehead atoms. The minimum atomic E-state index is -0.461. The van der Waals surface area contributed by atoms with E-state index in [0.29, 0.717) is 16.8 Å². The van der Waals surface area contributed by atoms with Gasteiger partial charge >= 0.3 is 0 Å². The molecule has 1 amide bonds. The molecule has 0 radical (unpaired) electrons. The highest BCUT2D eigenvalue weighted by Crippen LogP contribution is 2.41. The van der Waals surface area contributed by atoms with Crippen molar-refractivity contribution in [1.82, 2.24) is 5.32 Å². The van der Waals surface area contributed by atoms with Crippen LogP contribution in [0.15, 0.2) is 75.2 Å². The lowest BCUT2D eigenvalue weighted by Crippen LogP contribution is -2.30. The smallest absolute Gasteiger partial charge is 0.254 e. The number of benzene rings is 1. The van der Waals surface area contributed by atoms with Crippen LogP contribution in [0.1, 0.15) is 51.0 Å². The molecular weight excluding hydrogens is 394 g/mol. The predicted octanol–water partition coefficient (Wildman–Crippen LogP) is 5.93. The third-order valence-electron chi connectivity index (χ3n) is 5.04. The van der Waals surface area contributed by atoms with Gasteiger partial charge in [0.25, 0.3) is 5.91 Å². The van der Waals surface area contributed by atoms with Crippen molar-refractivity contribution in [2.75, 3.05) is 11.1 Å². The number of amides is 1. The first-order chi connectivity index (χ1) is 14.7. The second-order valence-corrected chi connectivity index (χ2v) is 8.34. The summed E-state index contributed by atoms with van der Waals surface area (Å²) < 4.78 is 5.29. The number of nitriles is 1. The second-order valence-electron chi connectivity index (χ2n) is 7.24. The average Bonchev–Trinajstić information content (AvgIpc) is 3.28. The lowest BCUT2D eigenvalue weighted by atomic mass is 9.83. The average molecular weight is 422 g/mol. The monoisotopic (exact) mass is 421 g/mol. The Morgan fingerprint density at radius 1 is 1.23 bits per heavy atom. The number of thioether (sulfide) groups is 1. The van der Waals surface area contributed by atoms with E-state index in [9.17, 15) is 10.1 Å². The predicted molar refractivity (Wildman–Crippen MR) is 122 cm³/mol. The van der Waals surface area contributed by atoms with E-state index >= 15 is 0 Å². The summed E-state index contributed by atoms with van der Waals surface area (Å²) in [5.41, 5.74) is 3.36. The molecule has 30 heavy (non-hydrogen) atoms. The molecule has 1 aromatic heterocycles. The molecule has 0 saturated heterocycles. The molecule has 0 aliphatic carbocycles. The molecule has 1 aliphatic rings. The summed E-state index contributed by atoms with van der Waals surface area (Å²) in [6.45, 7) is 4.08. The first kappa shape index (κ1) is 21.8. The van der Waals surface area contributed by atoms with Gasteiger partial charge in [0.1, 0.15) is 0 Å². The van der Waals surface area contributed by atoms with Gasteiger partial charge in [-0.05, 0) is 37.3 Å². The van der Waals surface area contributed by atoms with E-state index in [1.807, 2.05) is 43.3 Å². The van der Waals surface area contributed by atoms with Crippen LogP contribution in [-0.4, -0.2) is 11.7 Å². The Morgan fingerprint density at radius 3 is 2.70 bits per heavy atom. The number of carbonyl (C=O) groups is 1. The minimum absolute atomic E-state index is 0.225. The van der Waals surface area contributed by atoms with Gasteiger partial charge in [-0.15, -0.1) is 11.8 Å². The van der Waals surface area contributed by atoms with Crippen LogP contribution in [0.2, 0.25) is 0 Å². The van der Waals surface area contributed by atoms with Gasteiger partial charge in [0.2, 0.25) is 0 Å². The SMILES string of the molecule is CCCCCCSC1=C(C#N)[C@H](c2ccoc2)C(C(=O)Nc2ccccc2)=C(C)N1. The fraction of sp³-hybridized carbons (Fsp3) is 0.333. The van der Waals surface area contributed by atoms with Crippen LogP contribution < -0.4 is 10.6 Å². The van der Waals surface area contributed by atoms with E-state index in [0.717, 1.165) is 28.5 Å². The topological polar surface area (TPSA) is 78.1 Å². The van der Waals surface area contributed by atoms with Gasteiger partial charge in [-0.25, -0.2) is 0 Å². The second kappa shape index (κ2) is 10.7. The number of para-hydroxylation sites is 1. The maximum absolute atomic E-state index is 13.2. The molecule has 0 spiro atoms. The molecule has 3 rings (SSSR count). The van der Waals surface area contributed by atoms with Gasteiger partial charge < -0.3 is 15.1 Å². The van der Waals surface area contributed by atoms with Gasteiger partial charge in [0.15, 0.2) is 0 Å². The number of furan rings is 1. The number of dihydropyridines is 1. The van der Waals surface area contributed by atoms with Crippen LogP contribution in [0.4, 0.5) is 5.69 Å². The van der Waals surface area contributed by atoms with Crippen molar-refractivity contribution >= 4 is 23.4 Å². The van der Waals surface area contributed by atoms with Gasteiger partial charge in [0, 0.05) is 22.5 Å². The van der Waals surface area contributed by atoms with Crippen molar-refractivity contribution in [3.05, 3.63) is 76.4 Å². The molecule has 6 heteroatoms. The van der Waals surface area contributed by atoms with Gasteiger partial charge in [-0.3, -0.25) is 4.79 Å². The van der Waals surface area contributed by atoms with Crippen LogP contribution in [0, 0.1) is 11.3 Å². The fourth-order valence-electron chi connectivity index (χ4n) is 3.52. The fourth-order valence-corrected chi connectivity index (χ4v) is 4.62. The molecule has 1 aromatic carbocycles. The summed E-state index contributed by atoms with van der Waals surface area (Å²) in [5, 5.41) is 17.1. The third kappa shape index (κ3) is 5.17. The van der Waals surface area contributed by atoms with Crippen molar-refractivity contribution in [2.24, 2.45) is 0 Å². The first-order valence-electron chi connectivity index (χ1n) is 10.3. The van der Waals surface area contributed by atoms with Crippen LogP contribution in [0.25, 0.3) is 0 Å². The maximum atomic E-state index is 13.2. The molecule has 2 heterocycles. The van der Waals surface area contributed by atoms with E-state index in [1.54, 1.807) is 24.3 Å². The number of carbonyl (C=O) groups excluding carboxylic acids is 1. The molecule has 1 aliphatic heterocycles. The Balaban J connectivity index is 1.88. The highest BCUT2D eigenvalue weighted by atomic mass is 32.2. The summed E-state index contributed by atoms with van der Waals surface area (Å²) in [7, 11) is 0. The van der Waals surface area contributed by atoms with Crippen molar-refractivity contribution in [1.29, 1.82) is 5.26 Å². The summed E-state index contributed by atoms with van der Waals surface area (Å²) in [6, 6.07) is 13.5. The van der Waals surface area contributed by atoms with Crippen molar-refractivity contribution in [2.45, 2.75) is 45.4 Å². The molecule has 0 fully saturated rings. The molecule has 156 valence electrons. The summed E-state index contributed by atoms with van der Waals surface area (Å²) in [4.78, 5) is 13.2. The number of hydrogen-bond donors (Lipinski definition) is 2. The van der Waals surface area contributed by atoms with E-state index < -0.39 is 5.92 Å². The number of hydrogen-bond acceptors (Lipinski definition) is 5. The van der Waals surface area contributed by atoms with Gasteiger partial charge in [-0.2, -0.15) is 5.26 Å². The largest absolute Gasteiger partial charge is 0.472 e. The standard InChI is InChI=1S/C24H27N3O2S/c1-3-4-5-9-14-30-24-20(15-25)22(18-12-13-29-16-18)21(17(2)26-24)23(28)27-19-10-7-6-8-11-19/h6-8,10-13,16,22,26H,3-5,9,14H2,1-2H3,(H,27,28)/t22-/m0/s1. The van der Waals surface area contributed by atoms with Crippen molar-refractivity contribution < 1.29 is 9.21 Å². The molecule has 0 unspecified atom stereocenters. The summed E-state index contributed by atoms with van der Waals surface area (Å²) in [5.74, 6) is 0.249. The Hall–Kier alpha value is -2.91. The lowest BCUT2D eigenvalue weighted by Gasteiger charge is -2.29. The highest BCUT2D eigenvalue weighted by molar-refractivity contribution is 8.03. The molecule has 0 saturated carbocycles. The van der Waals surface area contributed by atoms with Crippen LogP contribution in [0.5, 0.6) is 0 Å².